The van der Waals surface area contributed by atoms with E-state index in [0.29, 0.717) is 28.4 Å². The van der Waals surface area contributed by atoms with Crippen molar-refractivity contribution in [2.24, 2.45) is 0 Å². The van der Waals surface area contributed by atoms with Crippen molar-refractivity contribution in [1.29, 1.82) is 0 Å². The first-order valence-corrected chi connectivity index (χ1v) is 11.3. The van der Waals surface area contributed by atoms with E-state index < -0.39 is 0 Å². The predicted octanol–water partition coefficient (Wildman–Crippen LogP) is 4.58. The molecule has 5 nitrogen and oxygen atoms in total. The van der Waals surface area contributed by atoms with Gasteiger partial charge in [0.25, 0.3) is 5.56 Å². The fraction of sp³-hybridized carbons (Fsp3) is 0.150. The molecule has 0 amide bonds. The fourth-order valence-corrected chi connectivity index (χ4v) is 6.06. The molecule has 1 aromatic carbocycles. The van der Waals surface area contributed by atoms with Crippen molar-refractivity contribution in [3.63, 3.8) is 0 Å². The standard InChI is InChI=1S/C20H14N2O3S3/c23-18-16-13(14-7-4-10-26-14)11-27-17(16)21-20(28-15-8-9-25-19(15)24)22(18)12-5-2-1-3-6-12/h1-7,10-11,15H,8-9H2/t15-/m1/s1. The summed E-state index contributed by atoms with van der Waals surface area (Å²) in [6, 6.07) is 13.4. The lowest BCUT2D eigenvalue weighted by atomic mass is 10.2. The minimum Gasteiger partial charge on any atom is -0.465 e. The van der Waals surface area contributed by atoms with Gasteiger partial charge in [0.2, 0.25) is 0 Å². The Morgan fingerprint density at radius 3 is 2.68 bits per heavy atom. The summed E-state index contributed by atoms with van der Waals surface area (Å²) in [6.45, 7) is 0.413. The van der Waals surface area contributed by atoms with E-state index in [1.165, 1.54) is 23.1 Å². The summed E-state index contributed by atoms with van der Waals surface area (Å²) in [5.41, 5.74) is 1.53. The maximum Gasteiger partial charge on any atom is 0.319 e. The molecule has 5 rings (SSSR count). The normalized spacial score (nSPS) is 16.6. The Morgan fingerprint density at radius 1 is 1.11 bits per heavy atom. The molecule has 8 heteroatoms. The number of thiophene rings is 2. The van der Waals surface area contributed by atoms with Crippen LogP contribution in [-0.2, 0) is 9.53 Å². The fourth-order valence-electron chi connectivity index (χ4n) is 3.18. The summed E-state index contributed by atoms with van der Waals surface area (Å²) < 4.78 is 6.70. The molecule has 0 unspecified atom stereocenters. The molecule has 0 aliphatic carbocycles. The van der Waals surface area contributed by atoms with E-state index in [4.69, 9.17) is 9.72 Å². The molecular formula is C20H14N2O3S3. The number of esters is 1. The summed E-state index contributed by atoms with van der Waals surface area (Å²) in [5.74, 6) is -0.246. The smallest absolute Gasteiger partial charge is 0.319 e. The molecule has 3 aromatic heterocycles. The van der Waals surface area contributed by atoms with Gasteiger partial charge < -0.3 is 4.74 Å². The first-order chi connectivity index (χ1) is 13.7. The monoisotopic (exact) mass is 426 g/mol. The Hall–Kier alpha value is -2.42. The third-order valence-electron chi connectivity index (χ3n) is 4.51. The Balaban J connectivity index is 1.75. The third kappa shape index (κ3) is 2.97. The van der Waals surface area contributed by atoms with E-state index in [1.807, 2.05) is 53.2 Å². The molecule has 1 aliphatic rings. The van der Waals surface area contributed by atoms with Crippen LogP contribution < -0.4 is 5.56 Å². The highest BCUT2D eigenvalue weighted by atomic mass is 32.2. The van der Waals surface area contributed by atoms with E-state index in [-0.39, 0.29) is 16.8 Å². The number of ether oxygens (including phenoxy) is 1. The molecule has 0 bridgehead atoms. The number of thioether (sulfide) groups is 1. The van der Waals surface area contributed by atoms with Crippen LogP contribution in [0.4, 0.5) is 0 Å². The van der Waals surface area contributed by atoms with Gasteiger partial charge in [0.15, 0.2) is 5.16 Å². The minimum absolute atomic E-state index is 0.116. The molecular weight excluding hydrogens is 412 g/mol. The number of rotatable bonds is 4. The molecule has 28 heavy (non-hydrogen) atoms. The second-order valence-corrected chi connectivity index (χ2v) is 9.22. The average molecular weight is 427 g/mol. The number of nitrogens with zero attached hydrogens (tertiary/aromatic N) is 2. The van der Waals surface area contributed by atoms with Crippen LogP contribution >= 0.6 is 34.4 Å². The van der Waals surface area contributed by atoms with Gasteiger partial charge in [0, 0.05) is 22.2 Å². The van der Waals surface area contributed by atoms with Gasteiger partial charge in [-0.1, -0.05) is 36.0 Å². The topological polar surface area (TPSA) is 61.2 Å². The van der Waals surface area contributed by atoms with Crippen LogP contribution in [0.3, 0.4) is 0 Å². The van der Waals surface area contributed by atoms with Gasteiger partial charge >= 0.3 is 5.97 Å². The number of para-hydroxylation sites is 1. The molecule has 0 radical (unpaired) electrons. The summed E-state index contributed by atoms with van der Waals surface area (Å²) in [7, 11) is 0. The zero-order valence-electron chi connectivity index (χ0n) is 14.5. The van der Waals surface area contributed by atoms with Crippen LogP contribution in [0.25, 0.3) is 26.3 Å². The number of carbonyl (C=O) groups excluding carboxylic acids is 1. The second kappa shape index (κ2) is 7.20. The van der Waals surface area contributed by atoms with Crippen molar-refractivity contribution < 1.29 is 9.53 Å². The predicted molar refractivity (Wildman–Crippen MR) is 114 cm³/mol. The zero-order chi connectivity index (χ0) is 19.1. The quantitative estimate of drug-likeness (QED) is 0.353. The summed E-state index contributed by atoms with van der Waals surface area (Å²) in [5, 5.41) is 4.79. The second-order valence-electron chi connectivity index (χ2n) is 6.24. The number of fused-ring (bicyclic) bond motifs is 1. The van der Waals surface area contributed by atoms with E-state index >= 15 is 0 Å². The maximum absolute atomic E-state index is 13.6. The van der Waals surface area contributed by atoms with Crippen LogP contribution in [0.5, 0.6) is 0 Å². The van der Waals surface area contributed by atoms with Crippen molar-refractivity contribution in [2.75, 3.05) is 6.61 Å². The van der Waals surface area contributed by atoms with Gasteiger partial charge in [0.1, 0.15) is 10.1 Å². The number of benzene rings is 1. The molecule has 0 saturated carbocycles. The molecule has 1 saturated heterocycles. The molecule has 1 aliphatic heterocycles. The van der Waals surface area contributed by atoms with Crippen LogP contribution in [-0.4, -0.2) is 27.4 Å². The lowest BCUT2D eigenvalue weighted by Crippen LogP contribution is -2.23. The van der Waals surface area contributed by atoms with Crippen LogP contribution in [0.2, 0.25) is 0 Å². The number of aromatic nitrogens is 2. The summed E-state index contributed by atoms with van der Waals surface area (Å²) >= 11 is 4.36. The van der Waals surface area contributed by atoms with Crippen LogP contribution in [0.1, 0.15) is 6.42 Å². The zero-order valence-corrected chi connectivity index (χ0v) is 17.0. The highest BCUT2D eigenvalue weighted by Gasteiger charge is 2.30. The van der Waals surface area contributed by atoms with Crippen molar-refractivity contribution in [3.8, 4) is 16.1 Å². The largest absolute Gasteiger partial charge is 0.465 e. The number of hydrogen-bond acceptors (Lipinski definition) is 7. The molecule has 4 aromatic rings. The highest BCUT2D eigenvalue weighted by molar-refractivity contribution is 8.00. The van der Waals surface area contributed by atoms with E-state index in [9.17, 15) is 9.59 Å². The van der Waals surface area contributed by atoms with Gasteiger partial charge in [0.05, 0.1) is 17.7 Å². The van der Waals surface area contributed by atoms with Crippen molar-refractivity contribution in [1.82, 2.24) is 9.55 Å². The Labute approximate surface area is 172 Å². The Bertz CT molecular complexity index is 1210. The number of cyclic esters (lactones) is 1. The van der Waals surface area contributed by atoms with Gasteiger partial charge in [-0.15, -0.1) is 22.7 Å². The van der Waals surface area contributed by atoms with E-state index in [2.05, 4.69) is 0 Å². The SMILES string of the molecule is O=C1OCC[C@H]1Sc1nc2scc(-c3cccs3)c2c(=O)n1-c1ccccc1. The minimum atomic E-state index is -0.337. The van der Waals surface area contributed by atoms with Gasteiger partial charge in [-0.2, -0.15) is 0 Å². The van der Waals surface area contributed by atoms with Crippen LogP contribution in [0.15, 0.2) is 63.2 Å². The van der Waals surface area contributed by atoms with E-state index in [0.717, 1.165) is 16.1 Å². The van der Waals surface area contributed by atoms with Gasteiger partial charge in [-0.05, 0) is 23.6 Å². The third-order valence-corrected chi connectivity index (χ3v) is 7.49. The Kier molecular flexibility index (Phi) is 4.54. The number of carbonyl (C=O) groups is 1. The average Bonchev–Trinajstić information content (AvgIpc) is 3.44. The molecule has 140 valence electrons. The molecule has 4 heterocycles. The van der Waals surface area contributed by atoms with Crippen molar-refractivity contribution in [3.05, 3.63) is 63.6 Å². The highest BCUT2D eigenvalue weighted by Crippen LogP contribution is 2.36. The summed E-state index contributed by atoms with van der Waals surface area (Å²) in [6.07, 6.45) is 0.622. The molecule has 0 N–H and O–H groups in total. The molecule has 0 spiro atoms. The maximum atomic E-state index is 13.6. The lowest BCUT2D eigenvalue weighted by molar-refractivity contribution is -0.137. The lowest BCUT2D eigenvalue weighted by Gasteiger charge is -2.13. The molecule has 1 atom stereocenters. The van der Waals surface area contributed by atoms with Gasteiger partial charge in [-0.25, -0.2) is 4.98 Å². The first-order valence-electron chi connectivity index (χ1n) is 8.69. The molecule has 1 fully saturated rings. The number of hydrogen-bond donors (Lipinski definition) is 0. The van der Waals surface area contributed by atoms with Crippen LogP contribution in [0, 0.1) is 0 Å². The van der Waals surface area contributed by atoms with Crippen molar-refractivity contribution >= 4 is 50.6 Å². The Morgan fingerprint density at radius 2 is 1.96 bits per heavy atom. The van der Waals surface area contributed by atoms with E-state index in [1.54, 1.807) is 15.9 Å². The summed E-state index contributed by atoms with van der Waals surface area (Å²) in [4.78, 5) is 32.1. The van der Waals surface area contributed by atoms with Crippen molar-refractivity contribution in [2.45, 2.75) is 16.8 Å². The first kappa shape index (κ1) is 17.7. The van der Waals surface area contributed by atoms with Gasteiger partial charge in [-0.3, -0.25) is 14.2 Å².